The second-order valence-corrected chi connectivity index (χ2v) is 3.15. The molecule has 0 bridgehead atoms. The molecule has 1 aromatic rings. The molecule has 2 N–H and O–H groups in total. The van der Waals surface area contributed by atoms with Gasteiger partial charge >= 0.3 is 12.3 Å². The van der Waals surface area contributed by atoms with Crippen LogP contribution in [0.1, 0.15) is 22.8 Å². The number of pyridine rings is 1. The van der Waals surface area contributed by atoms with E-state index in [0.29, 0.717) is 0 Å². The van der Waals surface area contributed by atoms with Crippen molar-refractivity contribution in [1.29, 1.82) is 5.26 Å². The number of hydrogen-bond donors (Lipinski definition) is 1. The zero-order valence-corrected chi connectivity index (χ0v) is 9.61. The number of carbonyl (C=O) groups excluding carboxylic acids is 1. The number of hydrogen-bond acceptors (Lipinski definition) is 6. The van der Waals surface area contributed by atoms with E-state index >= 15 is 0 Å². The summed E-state index contributed by atoms with van der Waals surface area (Å²) >= 11 is 0. The van der Waals surface area contributed by atoms with E-state index in [0.717, 1.165) is 6.20 Å². The second-order valence-electron chi connectivity index (χ2n) is 3.15. The van der Waals surface area contributed by atoms with Crippen LogP contribution in [0.5, 0.6) is 5.88 Å². The quantitative estimate of drug-likeness (QED) is 0.841. The SMILES string of the molecule is CCOC(=O)c1c(N)cnc(OC(F)(F)F)c1C#N. The van der Waals surface area contributed by atoms with Crippen LogP contribution in [0.25, 0.3) is 0 Å². The van der Waals surface area contributed by atoms with Crippen LogP contribution in [0, 0.1) is 11.3 Å². The zero-order valence-electron chi connectivity index (χ0n) is 9.61. The van der Waals surface area contributed by atoms with Gasteiger partial charge in [-0.25, -0.2) is 9.78 Å². The molecular weight excluding hydrogens is 267 g/mol. The molecule has 0 fully saturated rings. The van der Waals surface area contributed by atoms with Gasteiger partial charge in [-0.2, -0.15) is 5.26 Å². The smallest absolute Gasteiger partial charge is 0.462 e. The normalized spacial score (nSPS) is 10.7. The van der Waals surface area contributed by atoms with Crippen molar-refractivity contribution in [1.82, 2.24) is 4.98 Å². The van der Waals surface area contributed by atoms with Gasteiger partial charge in [0.25, 0.3) is 0 Å². The molecule has 0 aromatic carbocycles. The second kappa shape index (κ2) is 5.43. The summed E-state index contributed by atoms with van der Waals surface area (Å²) in [5.41, 5.74) is 3.91. The number of alkyl halides is 3. The Labute approximate surface area is 105 Å². The van der Waals surface area contributed by atoms with Crippen molar-refractivity contribution < 1.29 is 27.4 Å². The Morgan fingerprint density at radius 1 is 1.58 bits per heavy atom. The topological polar surface area (TPSA) is 98.2 Å². The van der Waals surface area contributed by atoms with E-state index in [4.69, 9.17) is 11.0 Å². The first kappa shape index (κ1) is 14.6. The fourth-order valence-electron chi connectivity index (χ4n) is 1.22. The summed E-state index contributed by atoms with van der Waals surface area (Å²) in [5, 5.41) is 8.84. The molecule has 0 aliphatic carbocycles. The highest BCUT2D eigenvalue weighted by molar-refractivity contribution is 5.98. The molecule has 0 radical (unpaired) electrons. The van der Waals surface area contributed by atoms with Crippen molar-refractivity contribution in [3.05, 3.63) is 17.3 Å². The van der Waals surface area contributed by atoms with E-state index < -0.39 is 29.3 Å². The molecule has 102 valence electrons. The number of carbonyl (C=O) groups is 1. The fourth-order valence-corrected chi connectivity index (χ4v) is 1.22. The largest absolute Gasteiger partial charge is 0.574 e. The van der Waals surface area contributed by atoms with Crippen LogP contribution in [-0.4, -0.2) is 23.9 Å². The number of ether oxygens (including phenoxy) is 2. The molecule has 0 spiro atoms. The van der Waals surface area contributed by atoms with Crippen molar-refractivity contribution in [3.63, 3.8) is 0 Å². The third kappa shape index (κ3) is 3.48. The predicted molar refractivity (Wildman–Crippen MR) is 56.0 cm³/mol. The molecule has 1 heterocycles. The van der Waals surface area contributed by atoms with E-state index in [1.54, 1.807) is 0 Å². The molecule has 9 heteroatoms. The van der Waals surface area contributed by atoms with Gasteiger partial charge in [-0.05, 0) is 6.92 Å². The van der Waals surface area contributed by atoms with Gasteiger partial charge in [-0.3, -0.25) is 0 Å². The number of halogens is 3. The molecule has 0 unspecified atom stereocenters. The van der Waals surface area contributed by atoms with Crippen LogP contribution in [0.4, 0.5) is 18.9 Å². The van der Waals surface area contributed by atoms with Gasteiger partial charge < -0.3 is 15.2 Å². The minimum Gasteiger partial charge on any atom is -0.462 e. The number of anilines is 1. The van der Waals surface area contributed by atoms with Crippen molar-refractivity contribution >= 4 is 11.7 Å². The van der Waals surface area contributed by atoms with E-state index in [2.05, 4.69) is 14.5 Å². The number of nitriles is 1. The van der Waals surface area contributed by atoms with E-state index in [9.17, 15) is 18.0 Å². The number of esters is 1. The summed E-state index contributed by atoms with van der Waals surface area (Å²) in [6.07, 6.45) is -4.26. The maximum atomic E-state index is 12.1. The number of nitrogens with two attached hydrogens (primary N) is 1. The highest BCUT2D eigenvalue weighted by Crippen LogP contribution is 2.29. The Bertz CT molecular complexity index is 537. The van der Waals surface area contributed by atoms with Gasteiger partial charge in [0.15, 0.2) is 0 Å². The lowest BCUT2D eigenvalue weighted by molar-refractivity contribution is -0.276. The van der Waals surface area contributed by atoms with Crippen LogP contribution < -0.4 is 10.5 Å². The van der Waals surface area contributed by atoms with Gasteiger partial charge in [0.05, 0.1) is 18.5 Å². The Morgan fingerprint density at radius 3 is 2.68 bits per heavy atom. The molecular formula is C10H8F3N3O3. The van der Waals surface area contributed by atoms with E-state index in [-0.39, 0.29) is 12.3 Å². The summed E-state index contributed by atoms with van der Waals surface area (Å²) in [5.74, 6) is -2.07. The van der Waals surface area contributed by atoms with Crippen LogP contribution in [0.3, 0.4) is 0 Å². The fraction of sp³-hybridized carbons (Fsp3) is 0.300. The van der Waals surface area contributed by atoms with Gasteiger partial charge in [0.2, 0.25) is 5.88 Å². The Kier molecular flexibility index (Phi) is 4.16. The lowest BCUT2D eigenvalue weighted by Gasteiger charge is -2.12. The number of nitrogens with zero attached hydrogens (tertiary/aromatic N) is 2. The Morgan fingerprint density at radius 2 is 2.21 bits per heavy atom. The molecule has 0 atom stereocenters. The van der Waals surface area contributed by atoms with Crippen molar-refractivity contribution in [3.8, 4) is 11.9 Å². The zero-order chi connectivity index (χ0) is 14.6. The lowest BCUT2D eigenvalue weighted by Crippen LogP contribution is -2.20. The monoisotopic (exact) mass is 275 g/mol. The molecule has 1 aromatic heterocycles. The maximum Gasteiger partial charge on any atom is 0.574 e. The molecule has 0 aliphatic heterocycles. The average molecular weight is 275 g/mol. The van der Waals surface area contributed by atoms with Crippen LogP contribution in [0.15, 0.2) is 6.20 Å². The maximum absolute atomic E-state index is 12.1. The Hall–Kier alpha value is -2.50. The van der Waals surface area contributed by atoms with Gasteiger partial charge in [-0.1, -0.05) is 0 Å². The van der Waals surface area contributed by atoms with Crippen LogP contribution in [0.2, 0.25) is 0 Å². The molecule has 19 heavy (non-hydrogen) atoms. The molecule has 6 nitrogen and oxygen atoms in total. The summed E-state index contributed by atoms with van der Waals surface area (Å²) in [7, 11) is 0. The first-order chi connectivity index (χ1) is 8.80. The van der Waals surface area contributed by atoms with Crippen molar-refractivity contribution in [2.24, 2.45) is 0 Å². The minimum absolute atomic E-state index is 0.0269. The Balaban J connectivity index is 3.35. The summed E-state index contributed by atoms with van der Waals surface area (Å²) < 4.78 is 44.5. The molecule has 0 aliphatic rings. The van der Waals surface area contributed by atoms with Crippen molar-refractivity contribution in [2.45, 2.75) is 13.3 Å². The third-order valence-electron chi connectivity index (χ3n) is 1.88. The highest BCUT2D eigenvalue weighted by Gasteiger charge is 2.34. The first-order valence-electron chi connectivity index (χ1n) is 4.91. The predicted octanol–water partition coefficient (Wildman–Crippen LogP) is 1.61. The number of rotatable bonds is 3. The lowest BCUT2D eigenvalue weighted by atomic mass is 10.1. The molecule has 0 saturated carbocycles. The average Bonchev–Trinajstić information content (AvgIpc) is 2.29. The standard InChI is InChI=1S/C10H8F3N3O3/c1-2-18-9(17)7-5(3-14)8(16-4-6(7)15)19-10(11,12)13/h4H,2,15H2,1H3. The third-order valence-corrected chi connectivity index (χ3v) is 1.88. The summed E-state index contributed by atoms with van der Waals surface area (Å²) in [6.45, 7) is 1.47. The highest BCUT2D eigenvalue weighted by atomic mass is 19.4. The van der Waals surface area contributed by atoms with Crippen LogP contribution >= 0.6 is 0 Å². The summed E-state index contributed by atoms with van der Waals surface area (Å²) in [6, 6.07) is 1.40. The van der Waals surface area contributed by atoms with Crippen LogP contribution in [-0.2, 0) is 4.74 Å². The number of aromatic nitrogens is 1. The van der Waals surface area contributed by atoms with Gasteiger partial charge in [-0.15, -0.1) is 13.2 Å². The molecule has 1 rings (SSSR count). The first-order valence-corrected chi connectivity index (χ1v) is 4.91. The number of nitrogen functional groups attached to an aromatic ring is 1. The summed E-state index contributed by atoms with van der Waals surface area (Å²) in [4.78, 5) is 14.8. The minimum atomic E-state index is -5.04. The molecule has 0 amide bonds. The van der Waals surface area contributed by atoms with Gasteiger partial charge in [0.1, 0.15) is 17.2 Å². The molecule has 0 saturated heterocycles. The van der Waals surface area contributed by atoms with Crippen molar-refractivity contribution in [2.75, 3.05) is 12.3 Å². The van der Waals surface area contributed by atoms with E-state index in [1.165, 1.54) is 13.0 Å². The van der Waals surface area contributed by atoms with Gasteiger partial charge in [0, 0.05) is 0 Å². The van der Waals surface area contributed by atoms with E-state index in [1.807, 2.05) is 0 Å².